The maximum absolute atomic E-state index is 13.8. The fourth-order valence-electron chi connectivity index (χ4n) is 7.09. The van der Waals surface area contributed by atoms with Crippen molar-refractivity contribution in [3.8, 4) is 22.8 Å². The Bertz CT molecular complexity index is 1700. The number of thiocarbonyl (C=S) groups is 1. The summed E-state index contributed by atoms with van der Waals surface area (Å²) < 4.78 is 28.7. The zero-order valence-corrected chi connectivity index (χ0v) is 33.4. The van der Waals surface area contributed by atoms with Gasteiger partial charge in [0, 0.05) is 30.3 Å². The molecule has 3 aliphatic rings. The molecule has 2 heterocycles. The van der Waals surface area contributed by atoms with Crippen molar-refractivity contribution in [2.45, 2.75) is 110 Å². The van der Waals surface area contributed by atoms with Gasteiger partial charge in [-0.2, -0.15) is 0 Å². The number of nitrogens with zero attached hydrogens (tertiary/aromatic N) is 1. The Morgan fingerprint density at radius 2 is 1.68 bits per heavy atom. The molecular formula is C39H51N3O9S2. The summed E-state index contributed by atoms with van der Waals surface area (Å²) in [4.78, 5) is 54.7. The summed E-state index contributed by atoms with van der Waals surface area (Å²) in [6, 6.07) is 6.30. The largest absolute Gasteiger partial charge is 0.497 e. The topological polar surface area (TPSA) is 146 Å². The van der Waals surface area contributed by atoms with Crippen molar-refractivity contribution in [3.05, 3.63) is 40.5 Å². The first kappa shape index (κ1) is 40.2. The first-order valence-electron chi connectivity index (χ1n) is 18.0. The number of thioether (sulfide) groups is 1. The number of benzene rings is 1. The van der Waals surface area contributed by atoms with Crippen molar-refractivity contribution in [2.24, 2.45) is 11.8 Å². The van der Waals surface area contributed by atoms with E-state index in [2.05, 4.69) is 10.6 Å². The highest BCUT2D eigenvalue weighted by atomic mass is 32.2. The minimum absolute atomic E-state index is 0.0923. The summed E-state index contributed by atoms with van der Waals surface area (Å²) in [6.45, 7) is 10.5. The number of ether oxygens (including phenoxy) is 4. The molecular weight excluding hydrogens is 719 g/mol. The number of nitrogens with one attached hydrogen (secondary N) is 2. The summed E-state index contributed by atoms with van der Waals surface area (Å²) in [6.07, 6.45) is 6.04. The van der Waals surface area contributed by atoms with Gasteiger partial charge in [-0.1, -0.05) is 30.4 Å². The molecule has 0 spiro atoms. The van der Waals surface area contributed by atoms with Gasteiger partial charge in [-0.25, -0.2) is 4.79 Å². The van der Waals surface area contributed by atoms with E-state index in [1.165, 1.54) is 18.2 Å². The standard InChI is InChI=1S/C39H51N3O9S2/c1-38(2,3)50-33(43)20-28(41-36(46)51-39(4,5)6)34(44)40-13-9-10-24-18-30(25-16-26(47-7)19-27(17-25)48-8)49-31(24)21-32-35(45)42(37(52)53-32)29-15-22-11-12-23(29)14-22/h16-19,21-23,28-29H,9-15,20H2,1-8H3,(H,40,44)(H,41,46). The van der Waals surface area contributed by atoms with Crippen LogP contribution in [0.4, 0.5) is 4.79 Å². The van der Waals surface area contributed by atoms with E-state index < -0.39 is 35.2 Å². The molecule has 53 heavy (non-hydrogen) atoms. The van der Waals surface area contributed by atoms with Crippen molar-refractivity contribution in [2.75, 3.05) is 20.8 Å². The molecule has 1 aromatic heterocycles. The number of carbonyl (C=O) groups is 4. The number of furan rings is 1. The van der Waals surface area contributed by atoms with Gasteiger partial charge in [-0.15, -0.1) is 0 Å². The molecule has 3 fully saturated rings. The number of fused-ring (bicyclic) bond motifs is 2. The minimum atomic E-state index is -1.21. The second-order valence-corrected chi connectivity index (χ2v) is 17.5. The molecule has 3 amide bonds. The second kappa shape index (κ2) is 16.5. The maximum atomic E-state index is 13.8. The number of hydrogen-bond donors (Lipinski definition) is 2. The Hall–Kier alpha value is -4.04. The van der Waals surface area contributed by atoms with Gasteiger partial charge in [0.25, 0.3) is 5.91 Å². The third-order valence-corrected chi connectivity index (χ3v) is 10.6. The molecule has 4 atom stereocenters. The van der Waals surface area contributed by atoms with Crippen LogP contribution in [0, 0.1) is 11.8 Å². The van der Waals surface area contributed by atoms with Gasteiger partial charge in [-0.3, -0.25) is 19.3 Å². The monoisotopic (exact) mass is 769 g/mol. The highest BCUT2D eigenvalue weighted by Gasteiger charge is 2.48. The lowest BCUT2D eigenvalue weighted by molar-refractivity contribution is -0.156. The number of rotatable bonds is 13. The average Bonchev–Trinajstić information content (AvgIpc) is 3.85. The van der Waals surface area contributed by atoms with Crippen LogP contribution in [0.25, 0.3) is 17.4 Å². The van der Waals surface area contributed by atoms with Crippen LogP contribution < -0.4 is 20.1 Å². The van der Waals surface area contributed by atoms with Gasteiger partial charge < -0.3 is 34.0 Å². The van der Waals surface area contributed by atoms with Crippen molar-refractivity contribution in [3.63, 3.8) is 0 Å². The van der Waals surface area contributed by atoms with Crippen LogP contribution >= 0.6 is 24.0 Å². The molecule has 1 aromatic carbocycles. The summed E-state index contributed by atoms with van der Waals surface area (Å²) in [5.74, 6) is 2.12. The molecule has 1 saturated heterocycles. The van der Waals surface area contributed by atoms with E-state index >= 15 is 0 Å². The molecule has 1 aliphatic heterocycles. The van der Waals surface area contributed by atoms with Gasteiger partial charge in [-0.05, 0) is 109 Å². The predicted octanol–water partition coefficient (Wildman–Crippen LogP) is 7.03. The maximum Gasteiger partial charge on any atom is 0.408 e. The van der Waals surface area contributed by atoms with Crippen LogP contribution in [-0.2, 0) is 30.3 Å². The van der Waals surface area contributed by atoms with Crippen LogP contribution in [0.2, 0.25) is 0 Å². The van der Waals surface area contributed by atoms with E-state index in [0.717, 1.165) is 30.4 Å². The Morgan fingerprint density at radius 3 is 2.26 bits per heavy atom. The molecule has 5 rings (SSSR count). The molecule has 0 radical (unpaired) electrons. The number of hydrogen-bond acceptors (Lipinski definition) is 11. The first-order chi connectivity index (χ1) is 24.9. The molecule has 2 aromatic rings. The van der Waals surface area contributed by atoms with Gasteiger partial charge in [0.1, 0.15) is 44.6 Å². The highest BCUT2D eigenvalue weighted by molar-refractivity contribution is 8.26. The Kier molecular flexibility index (Phi) is 12.5. The molecule has 2 saturated carbocycles. The number of carbonyl (C=O) groups excluding carboxylic acids is 4. The van der Waals surface area contributed by atoms with Gasteiger partial charge in [0.05, 0.1) is 25.5 Å². The zero-order chi connectivity index (χ0) is 38.7. The van der Waals surface area contributed by atoms with E-state index in [4.69, 9.17) is 35.6 Å². The Labute approximate surface area is 321 Å². The second-order valence-electron chi connectivity index (χ2n) is 15.8. The predicted molar refractivity (Wildman–Crippen MR) is 206 cm³/mol. The van der Waals surface area contributed by atoms with E-state index in [9.17, 15) is 19.2 Å². The zero-order valence-electron chi connectivity index (χ0n) is 31.8. The van der Waals surface area contributed by atoms with Crippen LogP contribution in [0.5, 0.6) is 11.5 Å². The number of amides is 3. The molecule has 2 aliphatic carbocycles. The molecule has 14 heteroatoms. The first-order valence-corrected chi connectivity index (χ1v) is 19.3. The van der Waals surface area contributed by atoms with Gasteiger partial charge >= 0.3 is 12.1 Å². The lowest BCUT2D eigenvalue weighted by atomic mass is 9.94. The molecule has 12 nitrogen and oxygen atoms in total. The van der Waals surface area contributed by atoms with Crippen molar-refractivity contribution >= 4 is 58.3 Å². The van der Waals surface area contributed by atoms with Crippen molar-refractivity contribution in [1.82, 2.24) is 15.5 Å². The molecule has 4 unspecified atom stereocenters. The number of methoxy groups -OCH3 is 2. The normalized spacial score (nSPS) is 21.2. The van der Waals surface area contributed by atoms with Crippen LogP contribution in [0.3, 0.4) is 0 Å². The Balaban J connectivity index is 1.33. The average molecular weight is 770 g/mol. The summed E-state index contributed by atoms with van der Waals surface area (Å²) >= 11 is 7.03. The highest BCUT2D eigenvalue weighted by Crippen LogP contribution is 2.49. The van der Waals surface area contributed by atoms with E-state index in [-0.39, 0.29) is 24.9 Å². The van der Waals surface area contributed by atoms with E-state index in [0.29, 0.717) is 56.9 Å². The quantitative estimate of drug-likeness (QED) is 0.0938. The van der Waals surface area contributed by atoms with Crippen molar-refractivity contribution < 1.29 is 42.5 Å². The summed E-state index contributed by atoms with van der Waals surface area (Å²) in [7, 11) is 3.15. The van der Waals surface area contributed by atoms with Crippen molar-refractivity contribution in [1.29, 1.82) is 0 Å². The smallest absolute Gasteiger partial charge is 0.408 e. The molecule has 288 valence electrons. The number of aryl methyl sites for hydroxylation is 1. The summed E-state index contributed by atoms with van der Waals surface area (Å²) in [5, 5.41) is 5.35. The minimum Gasteiger partial charge on any atom is -0.497 e. The SMILES string of the molecule is COc1cc(OC)cc(-c2cc(CCCNC(=O)C(CC(=O)OC(C)(C)C)NC(=O)OC(C)(C)C)c(C=C3SC(=S)N(C4CC5CCC4C5)C3=O)o2)c1. The third-order valence-electron chi connectivity index (χ3n) is 9.32. The van der Waals surface area contributed by atoms with E-state index in [1.54, 1.807) is 67.9 Å². The van der Waals surface area contributed by atoms with Crippen LogP contribution in [-0.4, -0.2) is 77.1 Å². The van der Waals surface area contributed by atoms with Gasteiger partial charge in [0.2, 0.25) is 5.91 Å². The summed E-state index contributed by atoms with van der Waals surface area (Å²) in [5.41, 5.74) is -0.0244. The number of esters is 1. The molecule has 2 N–H and O–H groups in total. The van der Waals surface area contributed by atoms with Gasteiger partial charge in [0.15, 0.2) is 0 Å². The third kappa shape index (κ3) is 10.6. The fraction of sp³-hybridized carbons (Fsp3) is 0.564. The lowest BCUT2D eigenvalue weighted by Crippen LogP contribution is -2.49. The van der Waals surface area contributed by atoms with Crippen LogP contribution in [0.15, 0.2) is 33.6 Å². The number of alkyl carbamates (subject to hydrolysis) is 1. The molecule has 2 bridgehead atoms. The van der Waals surface area contributed by atoms with Crippen LogP contribution in [0.1, 0.15) is 91.4 Å². The lowest BCUT2D eigenvalue weighted by Gasteiger charge is -2.30. The Morgan fingerprint density at radius 1 is 1.00 bits per heavy atom. The van der Waals surface area contributed by atoms with E-state index in [1.807, 2.05) is 23.1 Å². The fourth-order valence-corrected chi connectivity index (χ4v) is 8.43.